The lowest BCUT2D eigenvalue weighted by Crippen LogP contribution is -2.27. The number of rotatable bonds is 2. The fraction of sp³-hybridized carbons (Fsp3) is 0.385. The Morgan fingerprint density at radius 3 is 2.63 bits per heavy atom. The van der Waals surface area contributed by atoms with Crippen LogP contribution in [0.3, 0.4) is 0 Å². The van der Waals surface area contributed by atoms with Crippen LogP contribution in [-0.2, 0) is 0 Å². The van der Waals surface area contributed by atoms with Crippen molar-refractivity contribution in [2.75, 3.05) is 13.1 Å². The number of hydrogen-bond donors (Lipinski definition) is 2. The van der Waals surface area contributed by atoms with E-state index in [1.807, 2.05) is 0 Å². The Labute approximate surface area is 109 Å². The van der Waals surface area contributed by atoms with Gasteiger partial charge in [0.25, 0.3) is 0 Å². The summed E-state index contributed by atoms with van der Waals surface area (Å²) >= 11 is 0. The second-order valence-corrected chi connectivity index (χ2v) is 4.70. The molecule has 19 heavy (non-hydrogen) atoms. The monoisotopic (exact) mass is 264 g/mol. The van der Waals surface area contributed by atoms with E-state index < -0.39 is 11.6 Å². The Kier molecular flexibility index (Phi) is 3.25. The molecule has 0 radical (unpaired) electrons. The first kappa shape index (κ1) is 12.2. The van der Waals surface area contributed by atoms with E-state index in [0.29, 0.717) is 17.3 Å². The second-order valence-electron chi connectivity index (χ2n) is 4.70. The van der Waals surface area contributed by atoms with Crippen molar-refractivity contribution in [1.29, 1.82) is 0 Å². The Morgan fingerprint density at radius 2 is 1.89 bits per heavy atom. The molecule has 6 heteroatoms. The average Bonchev–Trinajstić information content (AvgIpc) is 2.93. The molecule has 0 atom stereocenters. The number of halogens is 2. The number of nitrogens with zero attached hydrogens (tertiary/aromatic N) is 2. The summed E-state index contributed by atoms with van der Waals surface area (Å²) in [6, 6.07) is 3.68. The summed E-state index contributed by atoms with van der Waals surface area (Å²) in [6.07, 6.45) is 2.01. The van der Waals surface area contributed by atoms with Crippen molar-refractivity contribution in [3.63, 3.8) is 0 Å². The van der Waals surface area contributed by atoms with Gasteiger partial charge in [-0.2, -0.15) is 5.10 Å². The highest BCUT2D eigenvalue weighted by molar-refractivity contribution is 5.54. The van der Waals surface area contributed by atoms with Crippen molar-refractivity contribution < 1.29 is 8.78 Å². The highest BCUT2D eigenvalue weighted by Gasteiger charge is 2.19. The Balaban J connectivity index is 1.85. The second kappa shape index (κ2) is 5.05. The fourth-order valence-corrected chi connectivity index (χ4v) is 2.32. The van der Waals surface area contributed by atoms with Crippen LogP contribution in [0, 0.1) is 11.6 Å². The molecule has 0 bridgehead atoms. The van der Waals surface area contributed by atoms with Gasteiger partial charge in [0.05, 0.1) is 0 Å². The van der Waals surface area contributed by atoms with E-state index in [2.05, 4.69) is 20.5 Å². The van der Waals surface area contributed by atoms with Crippen LogP contribution in [0.5, 0.6) is 0 Å². The van der Waals surface area contributed by atoms with E-state index in [1.165, 1.54) is 6.07 Å². The first-order chi connectivity index (χ1) is 9.24. The molecular formula is C13H14F2N4. The number of hydrogen-bond acceptors (Lipinski definition) is 3. The molecular weight excluding hydrogens is 250 g/mol. The van der Waals surface area contributed by atoms with Gasteiger partial charge in [0.1, 0.15) is 5.82 Å². The smallest absolute Gasteiger partial charge is 0.181 e. The predicted octanol–water partition coefficient (Wildman–Crippen LogP) is 2.22. The summed E-state index contributed by atoms with van der Waals surface area (Å²) < 4.78 is 26.1. The van der Waals surface area contributed by atoms with E-state index in [9.17, 15) is 8.78 Å². The molecule has 0 spiro atoms. The van der Waals surface area contributed by atoms with Crippen LogP contribution >= 0.6 is 0 Å². The Morgan fingerprint density at radius 1 is 1.11 bits per heavy atom. The summed E-state index contributed by atoms with van der Waals surface area (Å²) in [4.78, 5) is 4.39. The first-order valence-corrected chi connectivity index (χ1v) is 6.32. The van der Waals surface area contributed by atoms with Gasteiger partial charge in [-0.05, 0) is 44.1 Å². The van der Waals surface area contributed by atoms with Gasteiger partial charge < -0.3 is 5.32 Å². The topological polar surface area (TPSA) is 53.6 Å². The third kappa shape index (κ3) is 2.49. The number of nitrogens with one attached hydrogen (secondary N) is 2. The Bertz CT molecular complexity index is 576. The minimum absolute atomic E-state index is 0.354. The maximum Gasteiger partial charge on any atom is 0.181 e. The van der Waals surface area contributed by atoms with E-state index in [4.69, 9.17) is 0 Å². The van der Waals surface area contributed by atoms with Gasteiger partial charge in [-0.25, -0.2) is 13.8 Å². The minimum Gasteiger partial charge on any atom is -0.317 e. The molecule has 0 amide bonds. The van der Waals surface area contributed by atoms with Crippen LogP contribution in [0.1, 0.15) is 24.6 Å². The number of aromatic amines is 1. The van der Waals surface area contributed by atoms with Crippen molar-refractivity contribution in [3.05, 3.63) is 35.7 Å². The molecule has 1 aromatic carbocycles. The van der Waals surface area contributed by atoms with Crippen LogP contribution in [-0.4, -0.2) is 28.3 Å². The summed E-state index contributed by atoms with van der Waals surface area (Å²) in [5, 5.41) is 10.3. The third-order valence-corrected chi connectivity index (χ3v) is 3.41. The summed E-state index contributed by atoms with van der Waals surface area (Å²) in [5.74, 6) is -0.162. The quantitative estimate of drug-likeness (QED) is 0.874. The van der Waals surface area contributed by atoms with Crippen LogP contribution < -0.4 is 5.32 Å². The molecule has 2 N–H and O–H groups in total. The minimum atomic E-state index is -0.884. The SMILES string of the molecule is Fc1ccc(-c2n[nH]c(C3CCNCC3)n2)cc1F. The maximum atomic E-state index is 13.2. The van der Waals surface area contributed by atoms with E-state index >= 15 is 0 Å². The average molecular weight is 264 g/mol. The molecule has 4 nitrogen and oxygen atoms in total. The maximum absolute atomic E-state index is 13.2. The number of piperidine rings is 1. The molecule has 1 fully saturated rings. The molecule has 2 heterocycles. The molecule has 1 aliphatic heterocycles. The number of aromatic nitrogens is 3. The molecule has 0 aliphatic carbocycles. The zero-order valence-electron chi connectivity index (χ0n) is 10.3. The standard InChI is InChI=1S/C13H14F2N4/c14-10-2-1-9(7-11(10)15)13-17-12(18-19-13)8-3-5-16-6-4-8/h1-2,7-8,16H,3-6H2,(H,17,18,19). The van der Waals surface area contributed by atoms with Gasteiger partial charge in [0.2, 0.25) is 0 Å². The zero-order valence-corrected chi connectivity index (χ0v) is 10.3. The van der Waals surface area contributed by atoms with Crippen molar-refractivity contribution in [2.24, 2.45) is 0 Å². The van der Waals surface area contributed by atoms with Crippen LogP contribution in [0.15, 0.2) is 18.2 Å². The summed E-state index contributed by atoms with van der Waals surface area (Å²) in [6.45, 7) is 1.93. The fourth-order valence-electron chi connectivity index (χ4n) is 2.32. The molecule has 1 aliphatic rings. The lowest BCUT2D eigenvalue weighted by molar-refractivity contribution is 0.446. The summed E-state index contributed by atoms with van der Waals surface area (Å²) in [7, 11) is 0. The van der Waals surface area contributed by atoms with Gasteiger partial charge in [-0.1, -0.05) is 0 Å². The van der Waals surface area contributed by atoms with E-state index in [0.717, 1.165) is 43.9 Å². The highest BCUT2D eigenvalue weighted by Crippen LogP contribution is 2.24. The predicted molar refractivity (Wildman–Crippen MR) is 66.6 cm³/mol. The van der Waals surface area contributed by atoms with Gasteiger partial charge in [-0.3, -0.25) is 5.10 Å². The van der Waals surface area contributed by atoms with Crippen molar-refractivity contribution >= 4 is 0 Å². The molecule has 2 aromatic rings. The third-order valence-electron chi connectivity index (χ3n) is 3.41. The zero-order chi connectivity index (χ0) is 13.2. The molecule has 1 saturated heterocycles. The highest BCUT2D eigenvalue weighted by atomic mass is 19.2. The van der Waals surface area contributed by atoms with Gasteiger partial charge in [0.15, 0.2) is 17.5 Å². The Hall–Kier alpha value is -1.82. The normalized spacial score (nSPS) is 16.7. The van der Waals surface area contributed by atoms with Crippen molar-refractivity contribution in [2.45, 2.75) is 18.8 Å². The molecule has 3 rings (SSSR count). The van der Waals surface area contributed by atoms with Gasteiger partial charge in [-0.15, -0.1) is 0 Å². The van der Waals surface area contributed by atoms with E-state index in [-0.39, 0.29) is 0 Å². The lowest BCUT2D eigenvalue weighted by Gasteiger charge is -2.19. The molecule has 0 saturated carbocycles. The summed E-state index contributed by atoms with van der Waals surface area (Å²) in [5.41, 5.74) is 0.482. The number of H-pyrrole nitrogens is 1. The van der Waals surface area contributed by atoms with Crippen LogP contribution in [0.4, 0.5) is 8.78 Å². The van der Waals surface area contributed by atoms with Crippen LogP contribution in [0.25, 0.3) is 11.4 Å². The van der Waals surface area contributed by atoms with Crippen LogP contribution in [0.2, 0.25) is 0 Å². The van der Waals surface area contributed by atoms with Gasteiger partial charge >= 0.3 is 0 Å². The van der Waals surface area contributed by atoms with E-state index in [1.54, 1.807) is 0 Å². The molecule has 0 unspecified atom stereocenters. The van der Waals surface area contributed by atoms with Crippen molar-refractivity contribution in [3.8, 4) is 11.4 Å². The molecule has 100 valence electrons. The van der Waals surface area contributed by atoms with Gasteiger partial charge in [0, 0.05) is 11.5 Å². The van der Waals surface area contributed by atoms with Crippen molar-refractivity contribution in [1.82, 2.24) is 20.5 Å². The number of benzene rings is 1. The first-order valence-electron chi connectivity index (χ1n) is 6.32. The largest absolute Gasteiger partial charge is 0.317 e. The lowest BCUT2D eigenvalue weighted by atomic mass is 9.98. The molecule has 1 aromatic heterocycles.